The summed E-state index contributed by atoms with van der Waals surface area (Å²) in [7, 11) is 0. The SMILES string of the molecule is CC12CCC(/C(=N\Nc3ccccc3)C1=O)C2(C)C. The van der Waals surface area contributed by atoms with Crippen LogP contribution < -0.4 is 5.43 Å². The molecule has 0 spiro atoms. The van der Waals surface area contributed by atoms with Crippen LogP contribution in [0.3, 0.4) is 0 Å². The fourth-order valence-electron chi connectivity index (χ4n) is 3.59. The topological polar surface area (TPSA) is 41.5 Å². The molecule has 0 amide bonds. The molecule has 2 atom stereocenters. The minimum Gasteiger partial charge on any atom is -0.292 e. The van der Waals surface area contributed by atoms with Gasteiger partial charge in [-0.1, -0.05) is 39.0 Å². The molecule has 0 radical (unpaired) electrons. The van der Waals surface area contributed by atoms with Crippen molar-refractivity contribution >= 4 is 17.2 Å². The molecule has 3 rings (SSSR count). The Hall–Kier alpha value is -1.64. The molecule has 0 aromatic heterocycles. The van der Waals surface area contributed by atoms with Gasteiger partial charge < -0.3 is 0 Å². The van der Waals surface area contributed by atoms with Crippen molar-refractivity contribution < 1.29 is 4.79 Å². The molecule has 3 heteroatoms. The Kier molecular flexibility index (Phi) is 2.56. The van der Waals surface area contributed by atoms with Gasteiger partial charge in [0.15, 0.2) is 5.78 Å². The van der Waals surface area contributed by atoms with Gasteiger partial charge in [-0.25, -0.2) is 0 Å². The van der Waals surface area contributed by atoms with E-state index in [4.69, 9.17) is 0 Å². The van der Waals surface area contributed by atoms with Crippen LogP contribution in [0, 0.1) is 16.7 Å². The number of ketones is 1. The van der Waals surface area contributed by atoms with E-state index in [9.17, 15) is 4.79 Å². The predicted molar refractivity (Wildman–Crippen MR) is 77.1 cm³/mol. The van der Waals surface area contributed by atoms with Crippen LogP contribution in [0.25, 0.3) is 0 Å². The molecule has 3 nitrogen and oxygen atoms in total. The van der Waals surface area contributed by atoms with Crippen molar-refractivity contribution in [1.82, 2.24) is 0 Å². The molecule has 0 heterocycles. The number of Topliss-reactive ketones (excluding diaryl/α,β-unsaturated/α-hetero) is 1. The number of benzene rings is 1. The highest BCUT2D eigenvalue weighted by atomic mass is 16.1. The zero-order chi connectivity index (χ0) is 13.7. The first-order valence-corrected chi connectivity index (χ1v) is 6.90. The lowest BCUT2D eigenvalue weighted by Gasteiger charge is -2.31. The maximum atomic E-state index is 12.6. The number of anilines is 1. The predicted octanol–water partition coefficient (Wildman–Crippen LogP) is 3.48. The Morgan fingerprint density at radius 1 is 1.21 bits per heavy atom. The van der Waals surface area contributed by atoms with Crippen molar-refractivity contribution in [3.8, 4) is 0 Å². The molecule has 0 saturated heterocycles. The van der Waals surface area contributed by atoms with Gasteiger partial charge in [0, 0.05) is 11.3 Å². The Morgan fingerprint density at radius 3 is 2.47 bits per heavy atom. The Morgan fingerprint density at radius 2 is 1.89 bits per heavy atom. The number of para-hydroxylation sites is 1. The number of hydrogen-bond donors (Lipinski definition) is 1. The van der Waals surface area contributed by atoms with Crippen LogP contribution in [-0.4, -0.2) is 11.5 Å². The third-order valence-corrected chi connectivity index (χ3v) is 5.37. The van der Waals surface area contributed by atoms with Gasteiger partial charge in [-0.3, -0.25) is 10.2 Å². The molecule has 2 bridgehead atoms. The van der Waals surface area contributed by atoms with E-state index in [1.165, 1.54) is 0 Å². The Labute approximate surface area is 114 Å². The van der Waals surface area contributed by atoms with Crippen molar-refractivity contribution in [1.29, 1.82) is 0 Å². The van der Waals surface area contributed by atoms with Crippen molar-refractivity contribution in [2.75, 3.05) is 5.43 Å². The molecule has 19 heavy (non-hydrogen) atoms. The third-order valence-electron chi connectivity index (χ3n) is 5.37. The van der Waals surface area contributed by atoms with Gasteiger partial charge in [0.05, 0.1) is 5.69 Å². The molecule has 1 aromatic rings. The van der Waals surface area contributed by atoms with Crippen LogP contribution in [0.5, 0.6) is 0 Å². The second-order valence-corrected chi connectivity index (χ2v) is 6.45. The Bertz CT molecular complexity index is 547. The van der Waals surface area contributed by atoms with Crippen LogP contribution in [0.15, 0.2) is 35.4 Å². The maximum Gasteiger partial charge on any atom is 0.185 e. The van der Waals surface area contributed by atoms with Crippen molar-refractivity contribution in [2.45, 2.75) is 33.6 Å². The van der Waals surface area contributed by atoms with E-state index >= 15 is 0 Å². The highest BCUT2D eigenvalue weighted by molar-refractivity contribution is 6.45. The normalized spacial score (nSPS) is 33.9. The van der Waals surface area contributed by atoms with E-state index in [-0.39, 0.29) is 16.6 Å². The monoisotopic (exact) mass is 256 g/mol. The largest absolute Gasteiger partial charge is 0.292 e. The third kappa shape index (κ3) is 1.57. The smallest absolute Gasteiger partial charge is 0.185 e. The highest BCUT2D eigenvalue weighted by Crippen LogP contribution is 2.62. The highest BCUT2D eigenvalue weighted by Gasteiger charge is 2.65. The number of carbonyl (C=O) groups is 1. The first-order chi connectivity index (χ1) is 8.97. The van der Waals surface area contributed by atoms with E-state index in [1.54, 1.807) is 0 Å². The van der Waals surface area contributed by atoms with Gasteiger partial charge in [-0.15, -0.1) is 0 Å². The summed E-state index contributed by atoms with van der Waals surface area (Å²) in [6.07, 6.45) is 2.07. The summed E-state index contributed by atoms with van der Waals surface area (Å²) < 4.78 is 0. The molecular weight excluding hydrogens is 236 g/mol. The average molecular weight is 256 g/mol. The van der Waals surface area contributed by atoms with Crippen molar-refractivity contribution in [3.05, 3.63) is 30.3 Å². The molecule has 0 aliphatic heterocycles. The van der Waals surface area contributed by atoms with Crippen LogP contribution in [0.4, 0.5) is 5.69 Å². The lowest BCUT2D eigenvalue weighted by Crippen LogP contribution is -2.33. The lowest BCUT2D eigenvalue weighted by molar-refractivity contribution is -0.123. The van der Waals surface area contributed by atoms with E-state index in [1.807, 2.05) is 30.3 Å². The summed E-state index contributed by atoms with van der Waals surface area (Å²) in [6.45, 7) is 6.50. The molecule has 2 fully saturated rings. The minimum absolute atomic E-state index is 0.0291. The second-order valence-electron chi connectivity index (χ2n) is 6.45. The summed E-state index contributed by atoms with van der Waals surface area (Å²) in [5.74, 6) is 0.526. The van der Waals surface area contributed by atoms with Gasteiger partial charge in [-0.05, 0) is 30.4 Å². The van der Waals surface area contributed by atoms with Crippen LogP contribution in [0.2, 0.25) is 0 Å². The number of nitrogens with zero attached hydrogens (tertiary/aromatic N) is 1. The minimum atomic E-state index is -0.227. The van der Waals surface area contributed by atoms with Crippen LogP contribution >= 0.6 is 0 Å². The first kappa shape index (κ1) is 12.4. The number of rotatable bonds is 2. The number of hydrogen-bond acceptors (Lipinski definition) is 3. The number of hydrazone groups is 1. The van der Waals surface area contributed by atoms with Gasteiger partial charge in [0.1, 0.15) is 5.71 Å². The molecule has 2 saturated carbocycles. The fraction of sp³-hybridized carbons (Fsp3) is 0.500. The zero-order valence-electron chi connectivity index (χ0n) is 11.7. The Balaban J connectivity index is 1.89. The van der Waals surface area contributed by atoms with E-state index in [2.05, 4.69) is 31.3 Å². The maximum absolute atomic E-state index is 12.6. The molecule has 1 N–H and O–H groups in total. The molecular formula is C16H20N2O. The molecule has 100 valence electrons. The summed E-state index contributed by atoms with van der Waals surface area (Å²) in [5, 5.41) is 4.42. The number of carbonyl (C=O) groups excluding carboxylic acids is 1. The summed E-state index contributed by atoms with van der Waals surface area (Å²) >= 11 is 0. The average Bonchev–Trinajstić information content (AvgIpc) is 2.70. The summed E-state index contributed by atoms with van der Waals surface area (Å²) in [4.78, 5) is 12.6. The lowest BCUT2D eigenvalue weighted by atomic mass is 9.70. The first-order valence-electron chi connectivity index (χ1n) is 6.90. The summed E-state index contributed by atoms with van der Waals surface area (Å²) in [5.41, 5.74) is 4.49. The van der Waals surface area contributed by atoms with Gasteiger partial charge in [0.2, 0.25) is 0 Å². The van der Waals surface area contributed by atoms with Crippen LogP contribution in [0.1, 0.15) is 33.6 Å². The molecule has 2 aliphatic carbocycles. The zero-order valence-corrected chi connectivity index (χ0v) is 11.7. The molecule has 2 unspecified atom stereocenters. The van der Waals surface area contributed by atoms with E-state index in [0.29, 0.717) is 5.92 Å². The molecule has 1 aromatic carbocycles. The van der Waals surface area contributed by atoms with E-state index in [0.717, 1.165) is 24.2 Å². The standard InChI is InChI=1S/C16H20N2O/c1-15(2)12-9-10-16(15,3)14(19)13(12)18-17-11-7-5-4-6-8-11/h4-8,12,17H,9-10H2,1-3H3/b18-13+. The van der Waals surface area contributed by atoms with Crippen LogP contribution in [-0.2, 0) is 4.79 Å². The second kappa shape index (κ2) is 3.92. The summed E-state index contributed by atoms with van der Waals surface area (Å²) in [6, 6.07) is 9.78. The van der Waals surface area contributed by atoms with Gasteiger partial charge in [0.25, 0.3) is 0 Å². The van der Waals surface area contributed by atoms with Gasteiger partial charge in [-0.2, -0.15) is 5.10 Å². The molecule has 2 aliphatic rings. The quantitative estimate of drug-likeness (QED) is 0.823. The van der Waals surface area contributed by atoms with Crippen molar-refractivity contribution in [3.63, 3.8) is 0 Å². The number of fused-ring (bicyclic) bond motifs is 2. The van der Waals surface area contributed by atoms with E-state index < -0.39 is 0 Å². The fourth-order valence-corrected chi connectivity index (χ4v) is 3.59. The van der Waals surface area contributed by atoms with Crippen molar-refractivity contribution in [2.24, 2.45) is 21.8 Å². The number of nitrogens with one attached hydrogen (secondary N) is 1. The van der Waals surface area contributed by atoms with Gasteiger partial charge >= 0.3 is 0 Å².